The molecule has 4 heteroatoms. The fourth-order valence-electron chi connectivity index (χ4n) is 2.46. The number of nitrogens with zero attached hydrogens (tertiary/aromatic N) is 1. The van der Waals surface area contributed by atoms with Crippen LogP contribution in [0.15, 0.2) is 24.3 Å². The Bertz CT molecular complexity index is 527. The molecule has 0 atom stereocenters. The molecule has 2 rings (SSSR count). The molecule has 3 nitrogen and oxygen atoms in total. The lowest BCUT2D eigenvalue weighted by Gasteiger charge is -2.38. The quantitative estimate of drug-likeness (QED) is 0.854. The zero-order chi connectivity index (χ0) is 14.8. The van der Waals surface area contributed by atoms with E-state index in [0.717, 1.165) is 43.3 Å². The predicted octanol–water partition coefficient (Wildman–Crippen LogP) is 4.06. The van der Waals surface area contributed by atoms with Crippen molar-refractivity contribution in [1.82, 2.24) is 0 Å². The first-order chi connectivity index (χ1) is 9.37. The number of carboxylic acids is 1. The normalized spacial score (nSPS) is 18.4. The molecule has 1 saturated heterocycles. The van der Waals surface area contributed by atoms with Gasteiger partial charge < -0.3 is 10.0 Å². The average Bonchev–Trinajstić information content (AvgIpc) is 2.37. The first kappa shape index (κ1) is 14.9. The van der Waals surface area contributed by atoms with Crippen molar-refractivity contribution in [3.8, 4) is 0 Å². The van der Waals surface area contributed by atoms with E-state index >= 15 is 0 Å². The summed E-state index contributed by atoms with van der Waals surface area (Å²) < 4.78 is 0. The van der Waals surface area contributed by atoms with Crippen molar-refractivity contribution in [2.24, 2.45) is 5.41 Å². The van der Waals surface area contributed by atoms with Crippen LogP contribution in [0.2, 0.25) is 5.02 Å². The van der Waals surface area contributed by atoms with Crippen molar-refractivity contribution < 1.29 is 9.90 Å². The third-order valence-electron chi connectivity index (χ3n) is 3.85. The molecule has 1 heterocycles. The Morgan fingerprint density at radius 1 is 1.35 bits per heavy atom. The van der Waals surface area contributed by atoms with Gasteiger partial charge in [-0.3, -0.25) is 0 Å². The lowest BCUT2D eigenvalue weighted by atomic mass is 9.82. The van der Waals surface area contributed by atoms with E-state index in [1.807, 2.05) is 18.2 Å². The fraction of sp³-hybridized carbons (Fsp3) is 0.438. The second-order valence-corrected chi connectivity index (χ2v) is 6.46. The summed E-state index contributed by atoms with van der Waals surface area (Å²) in [5.74, 6) is -0.948. The number of carbonyl (C=O) groups is 1. The zero-order valence-electron chi connectivity index (χ0n) is 11.9. The monoisotopic (exact) mass is 293 g/mol. The molecule has 1 aromatic rings. The SMILES string of the molecule is CC1(C)CCN(c2ccc(Cl)cc2/C=C/C(=O)O)CC1. The highest BCUT2D eigenvalue weighted by atomic mass is 35.5. The number of piperidine rings is 1. The van der Waals surface area contributed by atoms with Gasteiger partial charge in [-0.1, -0.05) is 25.4 Å². The highest BCUT2D eigenvalue weighted by Crippen LogP contribution is 2.34. The van der Waals surface area contributed by atoms with Crippen LogP contribution in [0.4, 0.5) is 5.69 Å². The Morgan fingerprint density at radius 3 is 2.60 bits per heavy atom. The molecular formula is C16H20ClNO2. The van der Waals surface area contributed by atoms with Gasteiger partial charge in [-0.25, -0.2) is 4.79 Å². The van der Waals surface area contributed by atoms with Crippen LogP contribution >= 0.6 is 11.6 Å². The number of benzene rings is 1. The molecule has 1 aliphatic rings. The van der Waals surface area contributed by atoms with Gasteiger partial charge in [-0.15, -0.1) is 0 Å². The number of anilines is 1. The molecule has 1 N–H and O–H groups in total. The molecule has 0 amide bonds. The van der Waals surface area contributed by atoms with E-state index in [-0.39, 0.29) is 0 Å². The second kappa shape index (κ2) is 5.88. The lowest BCUT2D eigenvalue weighted by molar-refractivity contribution is -0.131. The van der Waals surface area contributed by atoms with E-state index in [0.29, 0.717) is 10.4 Å². The Labute approximate surface area is 124 Å². The Hall–Kier alpha value is -1.48. The van der Waals surface area contributed by atoms with E-state index in [1.165, 1.54) is 0 Å². The molecule has 0 spiro atoms. The largest absolute Gasteiger partial charge is 0.478 e. The number of rotatable bonds is 3. The summed E-state index contributed by atoms with van der Waals surface area (Å²) in [4.78, 5) is 13.0. The maximum atomic E-state index is 10.7. The number of carboxylic acid groups (broad SMARTS) is 1. The summed E-state index contributed by atoms with van der Waals surface area (Å²) in [6.45, 7) is 6.56. The van der Waals surface area contributed by atoms with Crippen molar-refractivity contribution in [2.75, 3.05) is 18.0 Å². The predicted molar refractivity (Wildman–Crippen MR) is 83.3 cm³/mol. The molecule has 0 unspecified atom stereocenters. The molecule has 0 aromatic heterocycles. The highest BCUT2D eigenvalue weighted by Gasteiger charge is 2.26. The molecule has 1 aliphatic heterocycles. The van der Waals surface area contributed by atoms with Crippen molar-refractivity contribution in [3.63, 3.8) is 0 Å². The van der Waals surface area contributed by atoms with Crippen molar-refractivity contribution >= 4 is 29.3 Å². The fourth-order valence-corrected chi connectivity index (χ4v) is 2.64. The van der Waals surface area contributed by atoms with Crippen LogP contribution in [0.25, 0.3) is 6.08 Å². The van der Waals surface area contributed by atoms with Gasteiger partial charge in [0.25, 0.3) is 0 Å². The second-order valence-electron chi connectivity index (χ2n) is 6.03. The Balaban J connectivity index is 2.25. The third kappa shape index (κ3) is 3.76. The zero-order valence-corrected chi connectivity index (χ0v) is 12.7. The average molecular weight is 294 g/mol. The summed E-state index contributed by atoms with van der Waals surface area (Å²) >= 11 is 6.02. The van der Waals surface area contributed by atoms with Gasteiger partial charge in [0.2, 0.25) is 0 Å². The number of hydrogen-bond donors (Lipinski definition) is 1. The molecule has 0 aliphatic carbocycles. The van der Waals surface area contributed by atoms with Gasteiger partial charge in [0.05, 0.1) is 0 Å². The minimum Gasteiger partial charge on any atom is -0.478 e. The molecule has 1 aromatic carbocycles. The van der Waals surface area contributed by atoms with Crippen molar-refractivity contribution in [3.05, 3.63) is 34.9 Å². The summed E-state index contributed by atoms with van der Waals surface area (Å²) in [5.41, 5.74) is 2.31. The third-order valence-corrected chi connectivity index (χ3v) is 4.09. The van der Waals surface area contributed by atoms with Crippen LogP contribution in [0.1, 0.15) is 32.3 Å². The number of hydrogen-bond acceptors (Lipinski definition) is 2. The van der Waals surface area contributed by atoms with Crippen LogP contribution in [0.5, 0.6) is 0 Å². The summed E-state index contributed by atoms with van der Waals surface area (Å²) in [5, 5.41) is 9.40. The first-order valence-corrected chi connectivity index (χ1v) is 7.21. The van der Waals surface area contributed by atoms with Gasteiger partial charge in [-0.05, 0) is 48.1 Å². The summed E-state index contributed by atoms with van der Waals surface area (Å²) in [6.07, 6.45) is 5.04. The van der Waals surface area contributed by atoms with Gasteiger partial charge in [0, 0.05) is 29.9 Å². The topological polar surface area (TPSA) is 40.5 Å². The minimum absolute atomic E-state index is 0.389. The molecular weight excluding hydrogens is 274 g/mol. The number of aliphatic carboxylic acids is 1. The van der Waals surface area contributed by atoms with Crippen LogP contribution in [-0.4, -0.2) is 24.2 Å². The van der Waals surface area contributed by atoms with Gasteiger partial charge in [0.15, 0.2) is 0 Å². The minimum atomic E-state index is -0.948. The maximum Gasteiger partial charge on any atom is 0.328 e. The number of halogens is 1. The van der Waals surface area contributed by atoms with E-state index in [2.05, 4.69) is 18.7 Å². The Kier molecular flexibility index (Phi) is 4.39. The molecule has 20 heavy (non-hydrogen) atoms. The van der Waals surface area contributed by atoms with E-state index < -0.39 is 5.97 Å². The summed E-state index contributed by atoms with van der Waals surface area (Å²) in [6, 6.07) is 5.65. The van der Waals surface area contributed by atoms with Crippen molar-refractivity contribution in [1.29, 1.82) is 0 Å². The first-order valence-electron chi connectivity index (χ1n) is 6.83. The Morgan fingerprint density at radius 2 is 2.00 bits per heavy atom. The van der Waals surface area contributed by atoms with Crippen LogP contribution in [0, 0.1) is 5.41 Å². The molecule has 0 saturated carbocycles. The van der Waals surface area contributed by atoms with Crippen LogP contribution in [0.3, 0.4) is 0 Å². The maximum absolute atomic E-state index is 10.7. The van der Waals surface area contributed by atoms with E-state index in [1.54, 1.807) is 6.08 Å². The highest BCUT2D eigenvalue weighted by molar-refractivity contribution is 6.30. The smallest absolute Gasteiger partial charge is 0.328 e. The summed E-state index contributed by atoms with van der Waals surface area (Å²) in [7, 11) is 0. The molecule has 1 fully saturated rings. The molecule has 0 radical (unpaired) electrons. The standard InChI is InChI=1S/C16H20ClNO2/c1-16(2)7-9-18(10-8-16)14-5-4-13(17)11-12(14)3-6-15(19)20/h3-6,11H,7-10H2,1-2H3,(H,19,20)/b6-3+. The molecule has 0 bridgehead atoms. The van der Waals surface area contributed by atoms with Crippen LogP contribution < -0.4 is 4.90 Å². The van der Waals surface area contributed by atoms with E-state index in [4.69, 9.17) is 16.7 Å². The van der Waals surface area contributed by atoms with Gasteiger partial charge in [0.1, 0.15) is 0 Å². The lowest BCUT2D eigenvalue weighted by Crippen LogP contribution is -2.37. The van der Waals surface area contributed by atoms with E-state index in [9.17, 15) is 4.79 Å². The molecule has 108 valence electrons. The van der Waals surface area contributed by atoms with Gasteiger partial charge >= 0.3 is 5.97 Å². The van der Waals surface area contributed by atoms with Crippen LogP contribution in [-0.2, 0) is 4.79 Å². The van der Waals surface area contributed by atoms with Crippen molar-refractivity contribution in [2.45, 2.75) is 26.7 Å². The van der Waals surface area contributed by atoms with Gasteiger partial charge in [-0.2, -0.15) is 0 Å².